The molecule has 0 fully saturated rings. The van der Waals surface area contributed by atoms with Gasteiger partial charge in [0.15, 0.2) is 12.5 Å². The number of rotatable bonds is 3. The summed E-state index contributed by atoms with van der Waals surface area (Å²) < 4.78 is 9.47. The lowest BCUT2D eigenvalue weighted by Crippen LogP contribution is -2.07. The van der Waals surface area contributed by atoms with E-state index in [1.165, 1.54) is 7.11 Å². The Kier molecular flexibility index (Phi) is 2.70. The van der Waals surface area contributed by atoms with Crippen LogP contribution < -0.4 is 20.9 Å². The van der Waals surface area contributed by atoms with Gasteiger partial charge in [0.25, 0.3) is 0 Å². The van der Waals surface area contributed by atoms with Crippen LogP contribution in [0.25, 0.3) is 0 Å². The third-order valence-electron chi connectivity index (χ3n) is 1.29. The van der Waals surface area contributed by atoms with Gasteiger partial charge in [0, 0.05) is 0 Å². The van der Waals surface area contributed by atoms with Crippen LogP contribution in [0.5, 0.6) is 11.8 Å². The Balaban J connectivity index is 3.11. The summed E-state index contributed by atoms with van der Waals surface area (Å²) in [7, 11) is 1.39. The van der Waals surface area contributed by atoms with Crippen LogP contribution in [0, 0.1) is 0 Å². The summed E-state index contributed by atoms with van der Waals surface area (Å²) in [6, 6.07) is 0. The molecule has 0 spiro atoms. The van der Waals surface area contributed by atoms with E-state index < -0.39 is 6.79 Å². The summed E-state index contributed by atoms with van der Waals surface area (Å²) in [5.41, 5.74) is 10.9. The number of aliphatic hydroxyl groups is 1. The summed E-state index contributed by atoms with van der Waals surface area (Å²) in [5, 5.41) is 8.48. The first-order valence-electron chi connectivity index (χ1n) is 3.39. The van der Waals surface area contributed by atoms with Crippen molar-refractivity contribution in [3.05, 3.63) is 0 Å². The number of methoxy groups -OCH3 is 1. The maximum absolute atomic E-state index is 8.48. The lowest BCUT2D eigenvalue weighted by atomic mass is 10.5. The van der Waals surface area contributed by atoms with Crippen molar-refractivity contribution in [2.24, 2.45) is 0 Å². The van der Waals surface area contributed by atoms with Gasteiger partial charge in [-0.25, -0.2) is 0 Å². The monoisotopic (exact) mass is 186 g/mol. The van der Waals surface area contributed by atoms with Crippen molar-refractivity contribution in [1.29, 1.82) is 0 Å². The molecule has 0 unspecified atom stereocenters. The smallest absolute Gasteiger partial charge is 0.248 e. The molecule has 0 saturated heterocycles. The minimum absolute atomic E-state index is 0.00634. The summed E-state index contributed by atoms with van der Waals surface area (Å²) in [6.07, 6.45) is 0. The van der Waals surface area contributed by atoms with Crippen LogP contribution >= 0.6 is 0 Å². The van der Waals surface area contributed by atoms with Crippen LogP contribution in [-0.4, -0.2) is 29.0 Å². The molecule has 1 aromatic heterocycles. The van der Waals surface area contributed by atoms with Gasteiger partial charge >= 0.3 is 0 Å². The molecule has 72 valence electrons. The zero-order chi connectivity index (χ0) is 9.84. The Morgan fingerprint density at radius 1 is 1.31 bits per heavy atom. The van der Waals surface area contributed by atoms with Gasteiger partial charge in [0.05, 0.1) is 7.11 Å². The summed E-state index contributed by atoms with van der Waals surface area (Å²) in [4.78, 5) is 7.34. The van der Waals surface area contributed by atoms with E-state index in [4.69, 9.17) is 21.3 Å². The van der Waals surface area contributed by atoms with Gasteiger partial charge in [-0.3, -0.25) is 0 Å². The van der Waals surface area contributed by atoms with Gasteiger partial charge < -0.3 is 26.0 Å². The van der Waals surface area contributed by atoms with Crippen LogP contribution in [-0.2, 0) is 0 Å². The Hall–Kier alpha value is -1.76. The van der Waals surface area contributed by atoms with Gasteiger partial charge in [-0.1, -0.05) is 0 Å². The second-order valence-electron chi connectivity index (χ2n) is 2.08. The van der Waals surface area contributed by atoms with E-state index in [9.17, 15) is 0 Å². The molecular weight excluding hydrogens is 176 g/mol. The molecule has 0 bridgehead atoms. The fourth-order valence-corrected chi connectivity index (χ4v) is 0.772. The molecule has 0 aliphatic heterocycles. The zero-order valence-electron chi connectivity index (χ0n) is 7.02. The maximum atomic E-state index is 8.48. The van der Waals surface area contributed by atoms with Gasteiger partial charge in [0.2, 0.25) is 17.7 Å². The first kappa shape index (κ1) is 9.33. The Morgan fingerprint density at radius 3 is 2.46 bits per heavy atom. The summed E-state index contributed by atoms with van der Waals surface area (Å²) >= 11 is 0. The Morgan fingerprint density at radius 2 is 1.92 bits per heavy atom. The van der Waals surface area contributed by atoms with Crippen molar-refractivity contribution in [3.8, 4) is 11.8 Å². The molecule has 0 saturated carbocycles. The van der Waals surface area contributed by atoms with E-state index in [1.54, 1.807) is 0 Å². The molecule has 1 rings (SSSR count). The van der Waals surface area contributed by atoms with E-state index in [0.717, 1.165) is 0 Å². The molecule has 13 heavy (non-hydrogen) atoms. The largest absolute Gasteiger partial charge is 0.479 e. The topological polar surface area (TPSA) is 117 Å². The van der Waals surface area contributed by atoms with Crippen molar-refractivity contribution in [3.63, 3.8) is 0 Å². The number of hydrogen-bond donors (Lipinski definition) is 3. The van der Waals surface area contributed by atoms with Gasteiger partial charge in [-0.15, -0.1) is 0 Å². The lowest BCUT2D eigenvalue weighted by molar-refractivity contribution is 0.0946. The molecule has 0 amide bonds. The molecule has 0 atom stereocenters. The van der Waals surface area contributed by atoms with Gasteiger partial charge in [-0.05, 0) is 0 Å². The number of nitrogen functional groups attached to an aromatic ring is 2. The molecule has 7 heteroatoms. The average Bonchev–Trinajstić information content (AvgIpc) is 2.11. The van der Waals surface area contributed by atoms with Crippen molar-refractivity contribution in [2.75, 3.05) is 25.4 Å². The van der Waals surface area contributed by atoms with E-state index in [0.29, 0.717) is 0 Å². The van der Waals surface area contributed by atoms with E-state index in [2.05, 4.69) is 14.7 Å². The Labute approximate surface area is 74.3 Å². The van der Waals surface area contributed by atoms with Crippen LogP contribution in [0.3, 0.4) is 0 Å². The molecule has 5 N–H and O–H groups in total. The van der Waals surface area contributed by atoms with E-state index in [-0.39, 0.29) is 23.4 Å². The molecule has 1 heterocycles. The van der Waals surface area contributed by atoms with Crippen molar-refractivity contribution in [1.82, 2.24) is 9.97 Å². The molecule has 1 aromatic rings. The molecule has 0 aliphatic rings. The Bertz CT molecular complexity index is 304. The first-order chi connectivity index (χ1) is 6.19. The summed E-state index contributed by atoms with van der Waals surface area (Å²) in [5.74, 6) is 0.0947. The number of hydrogen-bond acceptors (Lipinski definition) is 7. The number of nitrogens with two attached hydrogens (primary N) is 2. The molecule has 0 radical (unpaired) electrons. The minimum atomic E-state index is -0.538. The fourth-order valence-electron chi connectivity index (χ4n) is 0.772. The third-order valence-corrected chi connectivity index (χ3v) is 1.29. The predicted octanol–water partition coefficient (Wildman–Crippen LogP) is -1.02. The molecule has 0 aliphatic carbocycles. The highest BCUT2D eigenvalue weighted by atomic mass is 16.6. The van der Waals surface area contributed by atoms with Crippen molar-refractivity contribution >= 4 is 11.6 Å². The van der Waals surface area contributed by atoms with Gasteiger partial charge in [-0.2, -0.15) is 9.97 Å². The third kappa shape index (κ3) is 1.88. The number of ether oxygens (including phenoxy) is 2. The zero-order valence-corrected chi connectivity index (χ0v) is 7.02. The summed E-state index contributed by atoms with van der Waals surface area (Å²) in [6.45, 7) is -0.538. The highest BCUT2D eigenvalue weighted by Crippen LogP contribution is 2.27. The first-order valence-corrected chi connectivity index (χ1v) is 3.39. The SMILES string of the molecule is COc1nc(N)nc(OCO)c1N. The number of anilines is 2. The lowest BCUT2D eigenvalue weighted by Gasteiger charge is -2.08. The normalized spacial score (nSPS) is 9.69. The van der Waals surface area contributed by atoms with Crippen molar-refractivity contribution in [2.45, 2.75) is 0 Å². The number of nitrogens with zero attached hydrogens (tertiary/aromatic N) is 2. The van der Waals surface area contributed by atoms with Crippen LogP contribution in [0.2, 0.25) is 0 Å². The second kappa shape index (κ2) is 3.76. The van der Waals surface area contributed by atoms with E-state index >= 15 is 0 Å². The number of aromatic nitrogens is 2. The van der Waals surface area contributed by atoms with E-state index in [1.807, 2.05) is 0 Å². The molecular formula is C6H10N4O3. The predicted molar refractivity (Wildman–Crippen MR) is 45.1 cm³/mol. The second-order valence-corrected chi connectivity index (χ2v) is 2.08. The average molecular weight is 186 g/mol. The highest BCUT2D eigenvalue weighted by Gasteiger charge is 2.11. The van der Waals surface area contributed by atoms with Crippen LogP contribution in [0.4, 0.5) is 11.6 Å². The minimum Gasteiger partial charge on any atom is -0.479 e. The quantitative estimate of drug-likeness (QED) is 0.517. The standard InChI is InChI=1S/C6H10N4O3/c1-12-4-3(7)5(13-2-11)10-6(8)9-4/h11H,2,7H2,1H3,(H2,8,9,10). The van der Waals surface area contributed by atoms with Crippen molar-refractivity contribution < 1.29 is 14.6 Å². The maximum Gasteiger partial charge on any atom is 0.248 e. The molecule has 0 aromatic carbocycles. The fraction of sp³-hybridized carbons (Fsp3) is 0.333. The highest BCUT2D eigenvalue weighted by molar-refractivity contribution is 5.58. The van der Waals surface area contributed by atoms with Crippen LogP contribution in [0.1, 0.15) is 0 Å². The molecule has 7 nitrogen and oxygen atoms in total. The van der Waals surface area contributed by atoms with Gasteiger partial charge in [0.1, 0.15) is 0 Å². The van der Waals surface area contributed by atoms with Crippen LogP contribution in [0.15, 0.2) is 0 Å². The number of aliphatic hydroxyl groups excluding tert-OH is 1.